The Labute approximate surface area is 112 Å². The number of aryl methyl sites for hydroxylation is 1. The standard InChI is InChI=1S/C14H13NO3S/c1-11-7-5-6-10-13(11)19(17,18)15-14(16)12-8-3-2-4-9-12/h2-10H,1H3,(H,15,16). The molecule has 4 nitrogen and oxygen atoms in total. The Hall–Kier alpha value is -2.14. The van der Waals surface area contributed by atoms with Crippen LogP contribution >= 0.6 is 0 Å². The zero-order chi connectivity index (χ0) is 13.9. The lowest BCUT2D eigenvalue weighted by molar-refractivity contribution is 0.0981. The van der Waals surface area contributed by atoms with Crippen LogP contribution in [-0.4, -0.2) is 14.3 Å². The van der Waals surface area contributed by atoms with Crippen molar-refractivity contribution in [2.45, 2.75) is 11.8 Å². The van der Waals surface area contributed by atoms with Crippen molar-refractivity contribution in [3.63, 3.8) is 0 Å². The van der Waals surface area contributed by atoms with Gasteiger partial charge in [0.25, 0.3) is 15.9 Å². The van der Waals surface area contributed by atoms with Gasteiger partial charge < -0.3 is 0 Å². The number of nitrogens with one attached hydrogen (secondary N) is 1. The van der Waals surface area contributed by atoms with Crippen molar-refractivity contribution < 1.29 is 13.2 Å². The van der Waals surface area contributed by atoms with Gasteiger partial charge in [0.1, 0.15) is 0 Å². The predicted octanol–water partition coefficient (Wildman–Crippen LogP) is 2.11. The fraction of sp³-hybridized carbons (Fsp3) is 0.0714. The molecule has 98 valence electrons. The molecule has 2 aromatic carbocycles. The van der Waals surface area contributed by atoms with Crippen LogP contribution in [0.1, 0.15) is 15.9 Å². The van der Waals surface area contributed by atoms with E-state index in [0.29, 0.717) is 11.1 Å². The fourth-order valence-electron chi connectivity index (χ4n) is 1.68. The molecule has 0 atom stereocenters. The molecule has 0 heterocycles. The van der Waals surface area contributed by atoms with Crippen LogP contribution in [0.5, 0.6) is 0 Å². The van der Waals surface area contributed by atoms with Gasteiger partial charge in [-0.3, -0.25) is 4.79 Å². The number of carbonyl (C=O) groups excluding carboxylic acids is 1. The van der Waals surface area contributed by atoms with Crippen LogP contribution < -0.4 is 4.72 Å². The summed E-state index contributed by atoms with van der Waals surface area (Å²) in [5.41, 5.74) is 0.899. The normalized spacial score (nSPS) is 11.0. The third-order valence-electron chi connectivity index (χ3n) is 2.65. The Morgan fingerprint density at radius 2 is 1.53 bits per heavy atom. The lowest BCUT2D eigenvalue weighted by Crippen LogP contribution is -2.30. The highest BCUT2D eigenvalue weighted by Gasteiger charge is 2.19. The maximum Gasteiger partial charge on any atom is 0.264 e. The number of hydrogen-bond donors (Lipinski definition) is 1. The van der Waals surface area contributed by atoms with Crippen LogP contribution in [0, 0.1) is 6.92 Å². The van der Waals surface area contributed by atoms with Gasteiger partial charge in [0.15, 0.2) is 0 Å². The molecule has 5 heteroatoms. The van der Waals surface area contributed by atoms with E-state index < -0.39 is 15.9 Å². The van der Waals surface area contributed by atoms with Crippen molar-refractivity contribution in [3.05, 3.63) is 65.7 Å². The number of hydrogen-bond acceptors (Lipinski definition) is 3. The van der Waals surface area contributed by atoms with E-state index in [2.05, 4.69) is 4.72 Å². The first-order valence-corrected chi connectivity index (χ1v) is 7.17. The molecular formula is C14H13NO3S. The summed E-state index contributed by atoms with van der Waals surface area (Å²) in [5, 5.41) is 0. The van der Waals surface area contributed by atoms with Crippen molar-refractivity contribution in [2.75, 3.05) is 0 Å². The minimum atomic E-state index is -3.84. The second-order valence-electron chi connectivity index (χ2n) is 4.07. The summed E-state index contributed by atoms with van der Waals surface area (Å²) < 4.78 is 26.3. The van der Waals surface area contributed by atoms with Gasteiger partial charge in [0.2, 0.25) is 0 Å². The summed E-state index contributed by atoms with van der Waals surface area (Å²) in [6.45, 7) is 1.68. The number of rotatable bonds is 3. The SMILES string of the molecule is Cc1ccccc1S(=O)(=O)NC(=O)c1ccccc1. The maximum absolute atomic E-state index is 12.1. The number of amides is 1. The predicted molar refractivity (Wildman–Crippen MR) is 72.3 cm³/mol. The molecule has 0 bridgehead atoms. The van der Waals surface area contributed by atoms with E-state index in [1.807, 2.05) is 0 Å². The molecule has 0 spiro atoms. The average Bonchev–Trinajstić information content (AvgIpc) is 2.39. The second-order valence-corrected chi connectivity index (χ2v) is 5.72. The number of sulfonamides is 1. The summed E-state index contributed by atoms with van der Waals surface area (Å²) in [6, 6.07) is 14.7. The zero-order valence-electron chi connectivity index (χ0n) is 10.3. The fourth-order valence-corrected chi connectivity index (χ4v) is 2.90. The third kappa shape index (κ3) is 3.00. The smallest absolute Gasteiger partial charge is 0.264 e. The molecule has 0 radical (unpaired) electrons. The minimum Gasteiger partial charge on any atom is -0.268 e. The van der Waals surface area contributed by atoms with Gasteiger partial charge in [0.05, 0.1) is 4.90 Å². The monoisotopic (exact) mass is 275 g/mol. The van der Waals surface area contributed by atoms with Gasteiger partial charge in [-0.1, -0.05) is 36.4 Å². The van der Waals surface area contributed by atoms with Gasteiger partial charge in [-0.05, 0) is 30.7 Å². The highest BCUT2D eigenvalue weighted by molar-refractivity contribution is 7.90. The first-order valence-electron chi connectivity index (χ1n) is 5.68. The maximum atomic E-state index is 12.1. The average molecular weight is 275 g/mol. The first-order chi connectivity index (χ1) is 9.00. The molecular weight excluding hydrogens is 262 g/mol. The molecule has 0 fully saturated rings. The summed E-state index contributed by atoms with van der Waals surface area (Å²) >= 11 is 0. The Morgan fingerprint density at radius 1 is 0.947 bits per heavy atom. The molecule has 0 aromatic heterocycles. The zero-order valence-corrected chi connectivity index (χ0v) is 11.1. The van der Waals surface area contributed by atoms with Crippen molar-refractivity contribution in [1.29, 1.82) is 0 Å². The van der Waals surface area contributed by atoms with Gasteiger partial charge in [0, 0.05) is 5.56 Å². The van der Waals surface area contributed by atoms with E-state index in [0.717, 1.165) is 0 Å². The molecule has 0 unspecified atom stereocenters. The Bertz CT molecular complexity index is 694. The van der Waals surface area contributed by atoms with Crippen LogP contribution in [0.2, 0.25) is 0 Å². The summed E-state index contributed by atoms with van der Waals surface area (Å²) in [6.07, 6.45) is 0. The molecule has 2 aromatic rings. The van der Waals surface area contributed by atoms with Crippen LogP contribution in [0.25, 0.3) is 0 Å². The highest BCUT2D eigenvalue weighted by atomic mass is 32.2. The van der Waals surface area contributed by atoms with Gasteiger partial charge in [-0.25, -0.2) is 13.1 Å². The largest absolute Gasteiger partial charge is 0.268 e. The summed E-state index contributed by atoms with van der Waals surface area (Å²) in [4.78, 5) is 12.0. The van der Waals surface area contributed by atoms with Crippen LogP contribution in [-0.2, 0) is 10.0 Å². The molecule has 1 amide bonds. The quantitative estimate of drug-likeness (QED) is 0.933. The second kappa shape index (κ2) is 5.24. The minimum absolute atomic E-state index is 0.110. The van der Waals surface area contributed by atoms with E-state index in [4.69, 9.17) is 0 Å². The number of carbonyl (C=O) groups is 1. The molecule has 0 aliphatic heterocycles. The molecule has 0 saturated heterocycles. The third-order valence-corrected chi connectivity index (χ3v) is 4.14. The topological polar surface area (TPSA) is 63.2 Å². The van der Waals surface area contributed by atoms with Gasteiger partial charge >= 0.3 is 0 Å². The molecule has 0 aliphatic rings. The van der Waals surface area contributed by atoms with Crippen LogP contribution in [0.15, 0.2) is 59.5 Å². The van der Waals surface area contributed by atoms with Crippen LogP contribution in [0.3, 0.4) is 0 Å². The first kappa shape index (κ1) is 13.3. The highest BCUT2D eigenvalue weighted by Crippen LogP contribution is 2.14. The summed E-state index contributed by atoms with van der Waals surface area (Å²) in [7, 11) is -3.84. The van der Waals surface area contributed by atoms with E-state index in [9.17, 15) is 13.2 Å². The molecule has 19 heavy (non-hydrogen) atoms. The van der Waals surface area contributed by atoms with E-state index >= 15 is 0 Å². The van der Waals surface area contributed by atoms with E-state index in [1.165, 1.54) is 6.07 Å². The van der Waals surface area contributed by atoms with Gasteiger partial charge in [-0.2, -0.15) is 0 Å². The molecule has 2 rings (SSSR count). The van der Waals surface area contributed by atoms with Crippen LogP contribution in [0.4, 0.5) is 0 Å². The number of benzene rings is 2. The Kier molecular flexibility index (Phi) is 3.66. The lowest BCUT2D eigenvalue weighted by Gasteiger charge is -2.08. The van der Waals surface area contributed by atoms with Crippen molar-refractivity contribution in [2.24, 2.45) is 0 Å². The molecule has 1 N–H and O–H groups in total. The molecule has 0 saturated carbocycles. The van der Waals surface area contributed by atoms with E-state index in [-0.39, 0.29) is 4.90 Å². The van der Waals surface area contributed by atoms with Gasteiger partial charge in [-0.15, -0.1) is 0 Å². The molecule has 0 aliphatic carbocycles. The Balaban J connectivity index is 2.29. The van der Waals surface area contributed by atoms with Crippen molar-refractivity contribution >= 4 is 15.9 Å². The lowest BCUT2D eigenvalue weighted by atomic mass is 10.2. The van der Waals surface area contributed by atoms with E-state index in [1.54, 1.807) is 55.5 Å². The van der Waals surface area contributed by atoms with Crippen molar-refractivity contribution in [1.82, 2.24) is 4.72 Å². The van der Waals surface area contributed by atoms with Crippen molar-refractivity contribution in [3.8, 4) is 0 Å². The summed E-state index contributed by atoms with van der Waals surface area (Å²) in [5.74, 6) is -0.635. The Morgan fingerprint density at radius 3 is 2.16 bits per heavy atom.